The van der Waals surface area contributed by atoms with E-state index in [9.17, 15) is 18.3 Å². The first-order valence-corrected chi connectivity index (χ1v) is 10.7. The van der Waals surface area contributed by atoms with E-state index in [1.165, 1.54) is 6.07 Å². The summed E-state index contributed by atoms with van der Waals surface area (Å²) in [5.74, 6) is -2.06. The zero-order valence-corrected chi connectivity index (χ0v) is 17.0. The van der Waals surface area contributed by atoms with Crippen LogP contribution in [0.4, 0.5) is 10.1 Å². The van der Waals surface area contributed by atoms with Crippen molar-refractivity contribution < 1.29 is 22.7 Å². The van der Waals surface area contributed by atoms with Crippen LogP contribution in [0.3, 0.4) is 0 Å². The molecular formula is C18H22FN5O4S. The summed E-state index contributed by atoms with van der Waals surface area (Å²) in [7, 11) is -2.33. The molecule has 0 unspecified atom stereocenters. The van der Waals surface area contributed by atoms with Crippen LogP contribution in [0.1, 0.15) is 22.4 Å². The van der Waals surface area contributed by atoms with Crippen LogP contribution in [-0.4, -0.2) is 53.7 Å². The lowest BCUT2D eigenvalue weighted by Gasteiger charge is -2.30. The number of amides is 1. The monoisotopic (exact) mass is 423 g/mol. The summed E-state index contributed by atoms with van der Waals surface area (Å²) in [6.07, 6.45) is 3.13. The van der Waals surface area contributed by atoms with Gasteiger partial charge in [0.1, 0.15) is 18.0 Å². The minimum absolute atomic E-state index is 0.295. The summed E-state index contributed by atoms with van der Waals surface area (Å²) < 4.78 is 43.7. The summed E-state index contributed by atoms with van der Waals surface area (Å²) in [5, 5.41) is 14.5. The lowest BCUT2D eigenvalue weighted by atomic mass is 9.97. The Morgan fingerprint density at radius 1 is 1.34 bits per heavy atom. The Balaban J connectivity index is 1.59. The van der Waals surface area contributed by atoms with E-state index in [1.807, 2.05) is 20.2 Å². The molecular weight excluding hydrogens is 401 g/mol. The molecule has 4 rings (SSSR count). The number of halogens is 1. The number of phenols is 1. The number of aromatic nitrogens is 2. The second kappa shape index (κ2) is 6.99. The summed E-state index contributed by atoms with van der Waals surface area (Å²) in [4.78, 5) is 13.6. The summed E-state index contributed by atoms with van der Waals surface area (Å²) in [5.41, 5.74) is 2.72. The van der Waals surface area contributed by atoms with Crippen LogP contribution in [0.2, 0.25) is 0 Å². The van der Waals surface area contributed by atoms with Gasteiger partial charge >= 0.3 is 10.2 Å². The van der Waals surface area contributed by atoms with Crippen molar-refractivity contribution in [1.82, 2.24) is 19.4 Å². The molecule has 1 aromatic carbocycles. The first-order chi connectivity index (χ1) is 13.7. The normalized spacial score (nSPS) is 18.7. The molecule has 1 saturated heterocycles. The quantitative estimate of drug-likeness (QED) is 0.735. The first kappa shape index (κ1) is 19.6. The van der Waals surface area contributed by atoms with Crippen molar-refractivity contribution in [3.63, 3.8) is 0 Å². The van der Waals surface area contributed by atoms with E-state index < -0.39 is 39.9 Å². The van der Waals surface area contributed by atoms with Crippen LogP contribution >= 0.6 is 0 Å². The minimum atomic E-state index is -4.21. The molecule has 0 atom stereocenters. The van der Waals surface area contributed by atoms with E-state index in [2.05, 4.69) is 10.00 Å². The van der Waals surface area contributed by atoms with E-state index in [-0.39, 0.29) is 0 Å². The fourth-order valence-corrected chi connectivity index (χ4v) is 5.00. The van der Waals surface area contributed by atoms with Crippen molar-refractivity contribution in [2.45, 2.75) is 26.3 Å². The highest BCUT2D eigenvalue weighted by molar-refractivity contribution is 7.92. The van der Waals surface area contributed by atoms with Crippen LogP contribution in [-0.2, 0) is 41.4 Å². The summed E-state index contributed by atoms with van der Waals surface area (Å²) in [6.45, 7) is 3.13. The van der Waals surface area contributed by atoms with E-state index in [4.69, 9.17) is 0 Å². The van der Waals surface area contributed by atoms with Gasteiger partial charge in [-0.1, -0.05) is 0 Å². The lowest BCUT2D eigenvalue weighted by Crippen LogP contribution is -2.34. The van der Waals surface area contributed by atoms with Crippen LogP contribution < -0.4 is 9.03 Å². The molecule has 0 radical (unpaired) electrons. The third kappa shape index (κ3) is 3.44. The molecule has 2 aromatic rings. The largest absolute Gasteiger partial charge is 0.506 e. The predicted octanol–water partition coefficient (Wildman–Crippen LogP) is 0.355. The fourth-order valence-electron chi connectivity index (χ4n) is 3.83. The van der Waals surface area contributed by atoms with Crippen LogP contribution in [0.5, 0.6) is 5.75 Å². The van der Waals surface area contributed by atoms with Gasteiger partial charge in [-0.25, -0.2) is 13.4 Å². The smallest absolute Gasteiger partial charge is 0.326 e. The Hall–Kier alpha value is -2.66. The Kier molecular flexibility index (Phi) is 4.74. The number of nitrogens with one attached hydrogen (secondary N) is 1. The van der Waals surface area contributed by atoms with E-state index in [0.29, 0.717) is 41.5 Å². The molecule has 0 spiro atoms. The van der Waals surface area contributed by atoms with Gasteiger partial charge in [0.05, 0.1) is 6.20 Å². The number of carbonyl (C=O) groups excluding carboxylic acids is 1. The number of nitrogens with zero attached hydrogens (tertiary/aromatic N) is 4. The third-order valence-electron chi connectivity index (χ3n) is 5.60. The highest BCUT2D eigenvalue weighted by Crippen LogP contribution is 2.39. The Bertz CT molecular complexity index is 1100. The minimum Gasteiger partial charge on any atom is -0.506 e. The zero-order valence-electron chi connectivity index (χ0n) is 16.1. The van der Waals surface area contributed by atoms with E-state index in [0.717, 1.165) is 17.7 Å². The maximum atomic E-state index is 15.3. The summed E-state index contributed by atoms with van der Waals surface area (Å²) in [6, 6.07) is 1.40. The number of hydrogen-bond donors (Lipinski definition) is 2. The van der Waals surface area contributed by atoms with Crippen molar-refractivity contribution >= 4 is 21.8 Å². The molecule has 0 saturated carbocycles. The SMILES string of the molecule is Cc1c(CCN2CCc3cc(O)c(N4CC(=O)NS4(=O)=O)c(F)c3C2)cnn1C. The molecule has 2 N–H and O–H groups in total. The highest BCUT2D eigenvalue weighted by Gasteiger charge is 2.39. The van der Waals surface area contributed by atoms with Crippen LogP contribution in [0, 0.1) is 12.7 Å². The molecule has 1 aromatic heterocycles. The molecule has 156 valence electrons. The number of fused-ring (bicyclic) bond motifs is 1. The average molecular weight is 423 g/mol. The maximum absolute atomic E-state index is 15.3. The number of aryl methyl sites for hydroxylation is 1. The molecule has 11 heteroatoms. The fraction of sp³-hybridized carbons (Fsp3) is 0.444. The number of phenolic OH excluding ortho intramolecular Hbond substituents is 1. The van der Waals surface area contributed by atoms with Crippen molar-refractivity contribution in [2.75, 3.05) is 23.9 Å². The van der Waals surface area contributed by atoms with E-state index >= 15 is 4.39 Å². The van der Waals surface area contributed by atoms with Crippen molar-refractivity contribution in [1.29, 1.82) is 0 Å². The Labute approximate surface area is 167 Å². The first-order valence-electron chi connectivity index (χ1n) is 9.23. The van der Waals surface area contributed by atoms with Crippen molar-refractivity contribution in [3.8, 4) is 5.75 Å². The lowest BCUT2D eigenvalue weighted by molar-refractivity contribution is -0.117. The zero-order chi connectivity index (χ0) is 20.9. The standard InChI is InChI=1S/C18H22FN5O4S/c1-11-13(8-20-22(11)2)4-6-23-5-3-12-7-15(25)18(17(19)14(12)9-23)24-10-16(26)21-29(24,27)28/h7-8,25H,3-6,9-10H2,1-2H3,(H,21,26). The van der Waals surface area contributed by atoms with Crippen LogP contribution in [0.25, 0.3) is 0 Å². The van der Waals surface area contributed by atoms with E-state index in [1.54, 1.807) is 9.40 Å². The molecule has 2 aliphatic rings. The van der Waals surface area contributed by atoms with Gasteiger partial charge in [-0.2, -0.15) is 13.5 Å². The average Bonchev–Trinajstić information content (AvgIpc) is 3.11. The van der Waals surface area contributed by atoms with Crippen molar-refractivity contribution in [3.05, 3.63) is 40.5 Å². The number of anilines is 1. The van der Waals surface area contributed by atoms with Gasteiger partial charge in [-0.05, 0) is 37.0 Å². The summed E-state index contributed by atoms with van der Waals surface area (Å²) >= 11 is 0. The Morgan fingerprint density at radius 3 is 2.72 bits per heavy atom. The molecule has 9 nitrogen and oxygen atoms in total. The molecule has 0 aliphatic carbocycles. The molecule has 29 heavy (non-hydrogen) atoms. The van der Waals surface area contributed by atoms with Gasteiger partial charge in [0.2, 0.25) is 0 Å². The van der Waals surface area contributed by atoms with Gasteiger partial charge in [0, 0.05) is 37.9 Å². The second-order valence-electron chi connectivity index (χ2n) is 7.39. The number of aromatic hydroxyl groups is 1. The van der Waals surface area contributed by atoms with Gasteiger partial charge in [-0.15, -0.1) is 0 Å². The van der Waals surface area contributed by atoms with Crippen LogP contribution in [0.15, 0.2) is 12.3 Å². The van der Waals surface area contributed by atoms with Gasteiger partial charge < -0.3 is 5.11 Å². The van der Waals surface area contributed by atoms with Gasteiger partial charge in [0.25, 0.3) is 5.91 Å². The molecule has 0 bridgehead atoms. The Morgan fingerprint density at radius 2 is 2.10 bits per heavy atom. The highest BCUT2D eigenvalue weighted by atomic mass is 32.2. The van der Waals surface area contributed by atoms with Gasteiger partial charge in [0.15, 0.2) is 5.82 Å². The number of rotatable bonds is 4. The number of benzene rings is 1. The molecule has 3 heterocycles. The van der Waals surface area contributed by atoms with Crippen molar-refractivity contribution in [2.24, 2.45) is 7.05 Å². The predicted molar refractivity (Wildman–Crippen MR) is 103 cm³/mol. The third-order valence-corrected chi connectivity index (χ3v) is 6.97. The molecule has 1 amide bonds. The maximum Gasteiger partial charge on any atom is 0.326 e. The second-order valence-corrected chi connectivity index (χ2v) is 8.98. The number of hydrogen-bond acceptors (Lipinski definition) is 6. The van der Waals surface area contributed by atoms with Gasteiger partial charge in [-0.3, -0.25) is 14.4 Å². The number of carbonyl (C=O) groups is 1. The molecule has 1 fully saturated rings. The molecule has 2 aliphatic heterocycles. The topological polar surface area (TPSA) is 108 Å².